The van der Waals surface area contributed by atoms with Crippen molar-refractivity contribution >= 4 is 18.5 Å². The molecule has 5 atom stereocenters. The molecular weight excluding hydrogens is 464 g/mol. The molecule has 2 aromatic rings. The quantitative estimate of drug-likeness (QED) is 0.622. The van der Waals surface area contributed by atoms with Gasteiger partial charge in [-0.15, -0.1) is 0 Å². The molecule has 2 aliphatic heterocycles. The lowest BCUT2D eigenvalue weighted by atomic mass is 9.98. The van der Waals surface area contributed by atoms with Crippen molar-refractivity contribution in [3.63, 3.8) is 0 Å². The van der Waals surface area contributed by atoms with Gasteiger partial charge in [0.05, 0.1) is 13.2 Å². The van der Waals surface area contributed by atoms with Gasteiger partial charge < -0.3 is 14.4 Å². The first-order valence-electron chi connectivity index (χ1n) is 8.91. The Morgan fingerprint density at radius 3 is 2.81 bits per heavy atom. The highest BCUT2D eigenvalue weighted by Crippen LogP contribution is 2.56. The Hall–Kier alpha value is -2.02. The molecule has 0 spiro atoms. The van der Waals surface area contributed by atoms with Crippen LogP contribution in [-0.2, 0) is 32.2 Å². The molecule has 1 aromatic heterocycles. The summed E-state index contributed by atoms with van der Waals surface area (Å²) in [4.78, 5) is 25.0. The summed E-state index contributed by atoms with van der Waals surface area (Å²) in [5, 5.41) is 10.2. The standard InChI is InChI=1S/C17H16F3N2O7PS/c18-13-12(24)14(22-6-5-11(23)21-16(22)25)28-17(13,15(19)20)8-27-30(31)26-7-9-3-1-2-4-10(9)29-30/h1-6,12-15,24H,7-8H2,(H,21,23,25)/t12-,13-,14+,17+,30?/m0/s1. The Balaban J connectivity index is 1.58. The van der Waals surface area contributed by atoms with Crippen LogP contribution in [0.15, 0.2) is 46.1 Å². The second-order valence-electron chi connectivity index (χ2n) is 6.87. The van der Waals surface area contributed by atoms with E-state index in [0.29, 0.717) is 15.9 Å². The Labute approximate surface area is 177 Å². The number of nitrogens with one attached hydrogen (secondary N) is 1. The van der Waals surface area contributed by atoms with Crippen LogP contribution in [0.5, 0.6) is 5.75 Å². The summed E-state index contributed by atoms with van der Waals surface area (Å²) in [6.45, 7) is -4.69. The predicted octanol–water partition coefficient (Wildman–Crippen LogP) is 1.62. The molecule has 168 valence electrons. The summed E-state index contributed by atoms with van der Waals surface area (Å²) in [5.74, 6) is 0.352. The maximum atomic E-state index is 14.9. The summed E-state index contributed by atoms with van der Waals surface area (Å²) in [6.07, 6.45) is -9.23. The van der Waals surface area contributed by atoms with Gasteiger partial charge in [0.2, 0.25) is 0 Å². The summed E-state index contributed by atoms with van der Waals surface area (Å²) in [7, 11) is 0. The Bertz CT molecular complexity index is 1140. The number of benzene rings is 1. The van der Waals surface area contributed by atoms with Gasteiger partial charge >= 0.3 is 12.4 Å². The summed E-state index contributed by atoms with van der Waals surface area (Å²) in [6, 6.07) is 7.62. The fraction of sp³-hybridized carbons (Fsp3) is 0.412. The van der Waals surface area contributed by atoms with Gasteiger partial charge in [-0.25, -0.2) is 18.0 Å². The number of aromatic amines is 1. The van der Waals surface area contributed by atoms with E-state index in [1.165, 1.54) is 0 Å². The molecule has 1 fully saturated rings. The average Bonchev–Trinajstić information content (AvgIpc) is 2.98. The Morgan fingerprint density at radius 1 is 1.35 bits per heavy atom. The lowest BCUT2D eigenvalue weighted by molar-refractivity contribution is -0.183. The number of para-hydroxylation sites is 1. The van der Waals surface area contributed by atoms with Gasteiger partial charge in [-0.1, -0.05) is 18.2 Å². The number of alkyl halides is 3. The van der Waals surface area contributed by atoms with Crippen LogP contribution in [-0.4, -0.2) is 45.6 Å². The zero-order chi connectivity index (χ0) is 22.4. The molecule has 1 aromatic carbocycles. The van der Waals surface area contributed by atoms with Gasteiger partial charge in [0.1, 0.15) is 11.9 Å². The smallest absolute Gasteiger partial charge is 0.381 e. The van der Waals surface area contributed by atoms with E-state index in [1.54, 1.807) is 24.3 Å². The first-order chi connectivity index (χ1) is 14.7. The number of ether oxygens (including phenoxy) is 1. The number of aliphatic hydroxyl groups excluding tert-OH is 1. The highest BCUT2D eigenvalue weighted by Gasteiger charge is 2.62. The van der Waals surface area contributed by atoms with Crippen molar-refractivity contribution in [2.75, 3.05) is 6.61 Å². The molecule has 0 radical (unpaired) electrons. The zero-order valence-corrected chi connectivity index (χ0v) is 17.2. The van der Waals surface area contributed by atoms with E-state index in [9.17, 15) is 27.9 Å². The normalized spacial score (nSPS) is 32.6. The predicted molar refractivity (Wildman–Crippen MR) is 103 cm³/mol. The van der Waals surface area contributed by atoms with Crippen molar-refractivity contribution in [3.05, 3.63) is 62.9 Å². The maximum absolute atomic E-state index is 14.9. The molecule has 9 nitrogen and oxygen atoms in total. The van der Waals surface area contributed by atoms with E-state index in [4.69, 9.17) is 30.1 Å². The Morgan fingerprint density at radius 2 is 2.10 bits per heavy atom. The number of aliphatic hydroxyl groups is 1. The first-order valence-corrected chi connectivity index (χ1v) is 11.5. The number of hydrogen-bond acceptors (Lipinski definition) is 8. The molecule has 3 heterocycles. The third-order valence-corrected chi connectivity index (χ3v) is 7.07. The largest absolute Gasteiger partial charge is 0.424 e. The van der Waals surface area contributed by atoms with E-state index in [2.05, 4.69) is 0 Å². The third-order valence-electron chi connectivity index (χ3n) is 4.90. The van der Waals surface area contributed by atoms with Crippen LogP contribution in [0.4, 0.5) is 13.2 Å². The van der Waals surface area contributed by atoms with Crippen LogP contribution < -0.4 is 15.8 Å². The van der Waals surface area contributed by atoms with Crippen molar-refractivity contribution in [2.24, 2.45) is 0 Å². The third kappa shape index (κ3) is 3.97. The number of rotatable bonds is 5. The number of fused-ring (bicyclic) bond motifs is 1. The van der Waals surface area contributed by atoms with Crippen molar-refractivity contribution in [3.8, 4) is 5.75 Å². The van der Waals surface area contributed by atoms with E-state index in [-0.39, 0.29) is 6.61 Å². The second kappa shape index (κ2) is 8.15. The highest BCUT2D eigenvalue weighted by atomic mass is 32.5. The minimum Gasteiger partial charge on any atom is -0.424 e. The molecule has 0 saturated carbocycles. The van der Waals surface area contributed by atoms with Crippen LogP contribution >= 0.6 is 6.72 Å². The van der Waals surface area contributed by atoms with Crippen molar-refractivity contribution in [2.45, 2.75) is 37.1 Å². The van der Waals surface area contributed by atoms with E-state index < -0.39 is 55.1 Å². The van der Waals surface area contributed by atoms with Gasteiger partial charge in [0.15, 0.2) is 18.0 Å². The molecule has 1 saturated heterocycles. The maximum Gasteiger partial charge on any atom is 0.381 e. The van der Waals surface area contributed by atoms with Crippen LogP contribution in [0, 0.1) is 0 Å². The summed E-state index contributed by atoms with van der Waals surface area (Å²) < 4.78 is 64.9. The van der Waals surface area contributed by atoms with Crippen LogP contribution in [0.2, 0.25) is 0 Å². The first kappa shape index (κ1) is 22.2. The molecular formula is C17H16F3N2O7PS. The monoisotopic (exact) mass is 480 g/mol. The number of nitrogens with zero attached hydrogens (tertiary/aromatic N) is 1. The van der Waals surface area contributed by atoms with Gasteiger partial charge in [0.25, 0.3) is 12.0 Å². The molecule has 1 unspecified atom stereocenters. The van der Waals surface area contributed by atoms with E-state index >= 15 is 0 Å². The minimum atomic E-state index is -3.58. The SMILES string of the molecule is O=c1ccn([C@@H]2O[C@@](COP3(=S)OCc4ccccc4O3)(C(F)F)[C@@H](F)[C@@H]2O)c(=O)[nH]1. The molecule has 2 aliphatic rings. The second-order valence-corrected chi connectivity index (χ2v) is 9.80. The molecule has 4 rings (SSSR count). The number of H-pyrrole nitrogens is 1. The van der Waals surface area contributed by atoms with Crippen LogP contribution in [0.1, 0.15) is 11.8 Å². The molecule has 0 aliphatic carbocycles. The van der Waals surface area contributed by atoms with E-state index in [1.807, 2.05) is 4.98 Å². The molecule has 31 heavy (non-hydrogen) atoms. The zero-order valence-electron chi connectivity index (χ0n) is 15.5. The van der Waals surface area contributed by atoms with Gasteiger partial charge in [-0.3, -0.25) is 23.4 Å². The molecule has 0 bridgehead atoms. The highest BCUT2D eigenvalue weighted by molar-refractivity contribution is 8.07. The van der Waals surface area contributed by atoms with Crippen molar-refractivity contribution in [1.82, 2.24) is 9.55 Å². The van der Waals surface area contributed by atoms with Crippen LogP contribution in [0.3, 0.4) is 0 Å². The Kier molecular flexibility index (Phi) is 5.83. The van der Waals surface area contributed by atoms with Gasteiger partial charge in [-0.05, 0) is 6.07 Å². The van der Waals surface area contributed by atoms with Crippen molar-refractivity contribution in [1.29, 1.82) is 0 Å². The van der Waals surface area contributed by atoms with Gasteiger partial charge in [-0.2, -0.15) is 0 Å². The minimum absolute atomic E-state index is 0.00701. The number of hydrogen-bond donors (Lipinski definition) is 2. The fourth-order valence-corrected chi connectivity index (χ4v) is 5.05. The number of aromatic nitrogens is 2. The van der Waals surface area contributed by atoms with Crippen LogP contribution in [0.25, 0.3) is 0 Å². The lowest BCUT2D eigenvalue weighted by Crippen LogP contribution is -2.50. The van der Waals surface area contributed by atoms with Crippen molar-refractivity contribution < 1.29 is 36.6 Å². The molecule has 0 amide bonds. The topological polar surface area (TPSA) is 112 Å². The summed E-state index contributed by atoms with van der Waals surface area (Å²) in [5.41, 5.74) is -4.13. The molecule has 2 N–H and O–H groups in total. The lowest BCUT2D eigenvalue weighted by Gasteiger charge is -2.33. The summed E-state index contributed by atoms with van der Waals surface area (Å²) >= 11 is 5.19. The number of halogens is 3. The van der Waals surface area contributed by atoms with E-state index in [0.717, 1.165) is 12.3 Å². The average molecular weight is 480 g/mol. The van der Waals surface area contributed by atoms with Gasteiger partial charge in [0, 0.05) is 29.6 Å². The fourth-order valence-electron chi connectivity index (χ4n) is 3.24. The molecule has 14 heteroatoms.